The second-order valence-corrected chi connectivity index (χ2v) is 7.78. The van der Waals surface area contributed by atoms with Gasteiger partial charge in [-0.05, 0) is 43.4 Å². The molecule has 2 aromatic rings. The largest absolute Gasteiger partial charge is 0.369 e. The maximum Gasteiger partial charge on any atom is 0.320 e. The van der Waals surface area contributed by atoms with Crippen LogP contribution in [0.2, 0.25) is 0 Å². The summed E-state index contributed by atoms with van der Waals surface area (Å²) >= 11 is 0. The standard InChI is InChI=1S/C22H31N5O2/c1-2-3-9-18-15-21(25-22(29)24-17-10-5-4-6-11-17)27(26-18)19-12-7-8-16(13-19)14-20(23)28/h7-8,12-13,15,17H,2-6,9-11,14H2,1H3,(H2,23,28)(H2,24,25,29). The highest BCUT2D eigenvalue weighted by Crippen LogP contribution is 2.21. The zero-order valence-electron chi connectivity index (χ0n) is 17.1. The molecule has 1 fully saturated rings. The summed E-state index contributed by atoms with van der Waals surface area (Å²) < 4.78 is 1.73. The zero-order valence-corrected chi connectivity index (χ0v) is 17.1. The lowest BCUT2D eigenvalue weighted by atomic mass is 9.96. The van der Waals surface area contributed by atoms with Gasteiger partial charge in [-0.3, -0.25) is 10.1 Å². The van der Waals surface area contributed by atoms with Gasteiger partial charge in [0.1, 0.15) is 5.82 Å². The molecule has 3 amide bonds. The van der Waals surface area contributed by atoms with Crippen LogP contribution in [0.4, 0.5) is 10.6 Å². The number of hydrogen-bond acceptors (Lipinski definition) is 3. The second kappa shape index (κ2) is 10.1. The third-order valence-electron chi connectivity index (χ3n) is 5.26. The van der Waals surface area contributed by atoms with Crippen LogP contribution in [-0.4, -0.2) is 27.8 Å². The normalized spacial score (nSPS) is 14.5. The van der Waals surface area contributed by atoms with Gasteiger partial charge in [0, 0.05) is 12.1 Å². The average Bonchev–Trinajstić information content (AvgIpc) is 3.09. The monoisotopic (exact) mass is 397 g/mol. The predicted octanol–water partition coefficient (Wildman–Crippen LogP) is 3.70. The molecule has 0 aliphatic heterocycles. The fourth-order valence-corrected chi connectivity index (χ4v) is 3.78. The smallest absolute Gasteiger partial charge is 0.320 e. The molecule has 1 aliphatic carbocycles. The molecule has 156 valence electrons. The Hall–Kier alpha value is -2.83. The van der Waals surface area contributed by atoms with Crippen LogP contribution in [0.3, 0.4) is 0 Å². The summed E-state index contributed by atoms with van der Waals surface area (Å²) in [6, 6.07) is 9.48. The number of urea groups is 1. The van der Waals surface area contributed by atoms with Crippen molar-refractivity contribution in [1.29, 1.82) is 0 Å². The number of anilines is 1. The molecule has 0 atom stereocenters. The number of nitrogens with zero attached hydrogens (tertiary/aromatic N) is 2. The molecule has 7 heteroatoms. The van der Waals surface area contributed by atoms with Crippen LogP contribution >= 0.6 is 0 Å². The minimum Gasteiger partial charge on any atom is -0.369 e. The van der Waals surface area contributed by atoms with Gasteiger partial charge in [-0.2, -0.15) is 5.10 Å². The van der Waals surface area contributed by atoms with E-state index in [1.54, 1.807) is 4.68 Å². The molecule has 1 aromatic carbocycles. The van der Waals surface area contributed by atoms with Crippen molar-refractivity contribution >= 4 is 17.8 Å². The number of nitrogens with two attached hydrogens (primary N) is 1. The van der Waals surface area contributed by atoms with Gasteiger partial charge in [0.15, 0.2) is 0 Å². The highest BCUT2D eigenvalue weighted by molar-refractivity contribution is 5.89. The van der Waals surface area contributed by atoms with Crippen LogP contribution < -0.4 is 16.4 Å². The molecule has 0 spiro atoms. The summed E-state index contributed by atoms with van der Waals surface area (Å²) in [5.41, 5.74) is 7.87. The van der Waals surface area contributed by atoms with Crippen molar-refractivity contribution in [1.82, 2.24) is 15.1 Å². The van der Waals surface area contributed by atoms with Crippen molar-refractivity contribution in [3.8, 4) is 5.69 Å². The Morgan fingerprint density at radius 1 is 1.21 bits per heavy atom. The molecule has 3 rings (SSSR count). The summed E-state index contributed by atoms with van der Waals surface area (Å²) in [6.45, 7) is 2.14. The average molecular weight is 398 g/mol. The molecule has 7 nitrogen and oxygen atoms in total. The zero-order chi connectivity index (χ0) is 20.6. The lowest BCUT2D eigenvalue weighted by Gasteiger charge is -2.22. The summed E-state index contributed by atoms with van der Waals surface area (Å²) in [7, 11) is 0. The predicted molar refractivity (Wildman–Crippen MR) is 114 cm³/mol. The van der Waals surface area contributed by atoms with E-state index in [1.807, 2.05) is 30.3 Å². The van der Waals surface area contributed by atoms with Crippen LogP contribution in [-0.2, 0) is 17.6 Å². The molecular weight excluding hydrogens is 366 g/mol. The molecule has 0 bridgehead atoms. The number of carbonyl (C=O) groups is 2. The van der Waals surface area contributed by atoms with Gasteiger partial charge in [0.05, 0.1) is 17.8 Å². The van der Waals surface area contributed by atoms with E-state index in [4.69, 9.17) is 10.8 Å². The Labute approximate surface area is 172 Å². The Balaban J connectivity index is 1.80. The summed E-state index contributed by atoms with van der Waals surface area (Å²) in [5, 5.41) is 10.8. The summed E-state index contributed by atoms with van der Waals surface area (Å²) in [5.74, 6) is 0.247. The lowest BCUT2D eigenvalue weighted by molar-refractivity contribution is -0.117. The van der Waals surface area contributed by atoms with Crippen molar-refractivity contribution in [3.05, 3.63) is 41.6 Å². The molecule has 1 aromatic heterocycles. The topological polar surface area (TPSA) is 102 Å². The van der Waals surface area contributed by atoms with E-state index in [0.29, 0.717) is 5.82 Å². The van der Waals surface area contributed by atoms with Gasteiger partial charge < -0.3 is 11.1 Å². The Kier molecular flexibility index (Phi) is 7.27. The molecule has 0 unspecified atom stereocenters. The van der Waals surface area contributed by atoms with Crippen LogP contribution in [0.1, 0.15) is 63.1 Å². The first-order chi connectivity index (χ1) is 14.0. The Morgan fingerprint density at radius 2 is 2.00 bits per heavy atom. The highest BCUT2D eigenvalue weighted by atomic mass is 16.2. The van der Waals surface area contributed by atoms with Gasteiger partial charge in [-0.1, -0.05) is 44.7 Å². The van der Waals surface area contributed by atoms with E-state index in [1.165, 1.54) is 6.42 Å². The van der Waals surface area contributed by atoms with Crippen molar-refractivity contribution in [2.24, 2.45) is 5.73 Å². The Morgan fingerprint density at radius 3 is 2.72 bits per heavy atom. The number of amides is 3. The Bertz CT molecular complexity index is 839. The van der Waals surface area contributed by atoms with Crippen molar-refractivity contribution < 1.29 is 9.59 Å². The van der Waals surface area contributed by atoms with Gasteiger partial charge in [-0.15, -0.1) is 0 Å². The number of aryl methyl sites for hydroxylation is 1. The van der Waals surface area contributed by atoms with Crippen LogP contribution in [0.5, 0.6) is 0 Å². The minimum atomic E-state index is -0.378. The lowest BCUT2D eigenvalue weighted by Crippen LogP contribution is -2.39. The molecule has 1 aliphatic rings. The third-order valence-corrected chi connectivity index (χ3v) is 5.26. The van der Waals surface area contributed by atoms with Gasteiger partial charge in [0.25, 0.3) is 0 Å². The van der Waals surface area contributed by atoms with Gasteiger partial charge >= 0.3 is 6.03 Å². The SMILES string of the molecule is CCCCc1cc(NC(=O)NC2CCCCC2)n(-c2cccc(CC(N)=O)c2)n1. The first kappa shape index (κ1) is 20.9. The molecular formula is C22H31N5O2. The first-order valence-electron chi connectivity index (χ1n) is 10.6. The quantitative estimate of drug-likeness (QED) is 0.633. The maximum absolute atomic E-state index is 12.6. The van der Waals surface area contributed by atoms with E-state index in [-0.39, 0.29) is 24.4 Å². The van der Waals surface area contributed by atoms with Crippen molar-refractivity contribution in [2.45, 2.75) is 70.8 Å². The van der Waals surface area contributed by atoms with Crippen LogP contribution in [0.25, 0.3) is 5.69 Å². The maximum atomic E-state index is 12.6. The number of carbonyl (C=O) groups excluding carboxylic acids is 2. The summed E-state index contributed by atoms with van der Waals surface area (Å²) in [6.07, 6.45) is 8.76. The first-order valence-corrected chi connectivity index (χ1v) is 10.6. The van der Waals surface area contributed by atoms with E-state index in [9.17, 15) is 9.59 Å². The van der Waals surface area contributed by atoms with Crippen LogP contribution in [0, 0.1) is 0 Å². The van der Waals surface area contributed by atoms with E-state index in [2.05, 4.69) is 17.6 Å². The molecule has 1 saturated carbocycles. The number of aromatic nitrogens is 2. The van der Waals surface area contributed by atoms with Crippen LogP contribution in [0.15, 0.2) is 30.3 Å². The van der Waals surface area contributed by atoms with Crippen molar-refractivity contribution in [2.75, 3.05) is 5.32 Å². The van der Waals surface area contributed by atoms with E-state index >= 15 is 0 Å². The fourth-order valence-electron chi connectivity index (χ4n) is 3.78. The molecule has 4 N–H and O–H groups in total. The number of hydrogen-bond donors (Lipinski definition) is 3. The third kappa shape index (κ3) is 6.07. The molecule has 1 heterocycles. The fraction of sp³-hybridized carbons (Fsp3) is 0.500. The minimum absolute atomic E-state index is 0.169. The molecule has 0 saturated heterocycles. The number of rotatable bonds is 8. The molecule has 29 heavy (non-hydrogen) atoms. The highest BCUT2D eigenvalue weighted by Gasteiger charge is 2.18. The van der Waals surface area contributed by atoms with E-state index in [0.717, 1.165) is 61.9 Å². The van der Waals surface area contributed by atoms with Crippen molar-refractivity contribution in [3.63, 3.8) is 0 Å². The second-order valence-electron chi connectivity index (χ2n) is 7.78. The number of unbranched alkanes of at least 4 members (excludes halogenated alkanes) is 1. The number of benzene rings is 1. The number of nitrogens with one attached hydrogen (secondary N) is 2. The summed E-state index contributed by atoms with van der Waals surface area (Å²) in [4.78, 5) is 23.9. The molecule has 0 radical (unpaired) electrons. The van der Waals surface area contributed by atoms with Gasteiger partial charge in [-0.25, -0.2) is 9.48 Å². The van der Waals surface area contributed by atoms with E-state index < -0.39 is 0 Å². The number of primary amides is 1. The van der Waals surface area contributed by atoms with Gasteiger partial charge in [0.2, 0.25) is 5.91 Å².